The van der Waals surface area contributed by atoms with Gasteiger partial charge in [-0.05, 0) is 30.3 Å². The Balaban J connectivity index is 2.25. The minimum Gasteiger partial charge on any atom is -0.467 e. The fourth-order valence-electron chi connectivity index (χ4n) is 1.92. The lowest BCUT2D eigenvalue weighted by Gasteiger charge is -2.04. The van der Waals surface area contributed by atoms with Gasteiger partial charge in [0.05, 0.1) is 23.7 Å². The quantitative estimate of drug-likeness (QED) is 0.778. The van der Waals surface area contributed by atoms with Crippen molar-refractivity contribution in [2.45, 2.75) is 6.54 Å². The Morgan fingerprint density at radius 2 is 2.11 bits per heavy atom. The minimum absolute atomic E-state index is 0.0869. The summed E-state index contributed by atoms with van der Waals surface area (Å²) in [4.78, 5) is 26.8. The van der Waals surface area contributed by atoms with E-state index in [9.17, 15) is 9.59 Å². The SMILES string of the molecule is O=c1[nH]c2ccc(Cl)cc2c(=O)n1Cc1ccco1. The van der Waals surface area contributed by atoms with Crippen LogP contribution in [0.5, 0.6) is 0 Å². The van der Waals surface area contributed by atoms with Crippen LogP contribution in [-0.2, 0) is 6.54 Å². The number of hydrogen-bond acceptors (Lipinski definition) is 3. The third kappa shape index (κ3) is 2.08. The maximum Gasteiger partial charge on any atom is 0.329 e. The molecule has 1 N–H and O–H groups in total. The molecule has 0 aliphatic heterocycles. The Hall–Kier alpha value is -2.27. The second-order valence-corrected chi connectivity index (χ2v) is 4.53. The summed E-state index contributed by atoms with van der Waals surface area (Å²) in [6.45, 7) is 0.0869. The Bertz CT molecular complexity index is 846. The number of rotatable bonds is 2. The summed E-state index contributed by atoms with van der Waals surface area (Å²) in [5, 5.41) is 0.819. The van der Waals surface area contributed by atoms with E-state index in [1.165, 1.54) is 12.3 Å². The molecule has 0 fully saturated rings. The summed E-state index contributed by atoms with van der Waals surface area (Å²) in [5.41, 5.74) is -0.399. The van der Waals surface area contributed by atoms with Crippen LogP contribution in [0, 0.1) is 0 Å². The zero-order valence-electron chi connectivity index (χ0n) is 9.72. The first-order chi connectivity index (χ1) is 9.15. The van der Waals surface area contributed by atoms with Crippen LogP contribution in [0.1, 0.15) is 5.76 Å². The molecule has 0 aliphatic carbocycles. The van der Waals surface area contributed by atoms with E-state index in [0.29, 0.717) is 21.7 Å². The van der Waals surface area contributed by atoms with Gasteiger partial charge in [0.15, 0.2) is 0 Å². The molecule has 0 spiro atoms. The number of hydrogen-bond donors (Lipinski definition) is 1. The zero-order valence-corrected chi connectivity index (χ0v) is 10.5. The molecular weight excluding hydrogens is 268 g/mol. The monoisotopic (exact) mass is 276 g/mol. The molecule has 0 unspecified atom stereocenters. The number of aromatic amines is 1. The molecule has 2 heterocycles. The maximum atomic E-state index is 12.3. The van der Waals surface area contributed by atoms with Crippen LogP contribution in [0.4, 0.5) is 0 Å². The van der Waals surface area contributed by atoms with Gasteiger partial charge in [0.1, 0.15) is 5.76 Å². The van der Waals surface area contributed by atoms with Gasteiger partial charge in [0, 0.05) is 5.02 Å². The molecule has 0 saturated carbocycles. The van der Waals surface area contributed by atoms with Crippen LogP contribution in [0.15, 0.2) is 50.6 Å². The van der Waals surface area contributed by atoms with Crippen molar-refractivity contribution in [3.05, 3.63) is 68.2 Å². The average molecular weight is 277 g/mol. The van der Waals surface area contributed by atoms with E-state index >= 15 is 0 Å². The fraction of sp³-hybridized carbons (Fsp3) is 0.0769. The van der Waals surface area contributed by atoms with Crippen molar-refractivity contribution in [2.24, 2.45) is 0 Å². The molecule has 0 amide bonds. The van der Waals surface area contributed by atoms with E-state index < -0.39 is 11.2 Å². The highest BCUT2D eigenvalue weighted by atomic mass is 35.5. The number of nitrogens with zero attached hydrogens (tertiary/aromatic N) is 1. The second-order valence-electron chi connectivity index (χ2n) is 4.09. The number of nitrogens with one attached hydrogen (secondary N) is 1. The van der Waals surface area contributed by atoms with Gasteiger partial charge in [0.2, 0.25) is 0 Å². The summed E-state index contributed by atoms with van der Waals surface area (Å²) in [6, 6.07) is 8.17. The Morgan fingerprint density at radius 1 is 1.26 bits per heavy atom. The third-order valence-electron chi connectivity index (χ3n) is 2.84. The Kier molecular flexibility index (Phi) is 2.76. The van der Waals surface area contributed by atoms with Crippen LogP contribution >= 0.6 is 11.6 Å². The molecule has 3 rings (SSSR count). The lowest BCUT2D eigenvalue weighted by molar-refractivity contribution is 0.485. The first-order valence-electron chi connectivity index (χ1n) is 5.60. The standard InChI is InChI=1S/C13H9ClN2O3/c14-8-3-4-11-10(6-8)12(17)16(13(18)15-11)7-9-2-1-5-19-9/h1-6H,7H2,(H,15,18). The molecule has 0 bridgehead atoms. The first-order valence-corrected chi connectivity index (χ1v) is 5.98. The van der Waals surface area contributed by atoms with E-state index in [4.69, 9.17) is 16.0 Å². The fourth-order valence-corrected chi connectivity index (χ4v) is 2.10. The molecule has 0 radical (unpaired) electrons. The van der Waals surface area contributed by atoms with Crippen LogP contribution in [0.25, 0.3) is 10.9 Å². The summed E-state index contributed by atoms with van der Waals surface area (Å²) in [6.07, 6.45) is 1.49. The Labute approximate surface area is 112 Å². The Morgan fingerprint density at radius 3 is 2.84 bits per heavy atom. The molecule has 6 heteroatoms. The smallest absolute Gasteiger partial charge is 0.329 e. The molecule has 1 aromatic carbocycles. The van der Waals surface area contributed by atoms with Crippen molar-refractivity contribution >= 4 is 22.5 Å². The highest BCUT2D eigenvalue weighted by Crippen LogP contribution is 2.13. The van der Waals surface area contributed by atoms with Gasteiger partial charge in [-0.15, -0.1) is 0 Å². The van der Waals surface area contributed by atoms with Gasteiger partial charge in [-0.1, -0.05) is 11.6 Å². The van der Waals surface area contributed by atoms with E-state index in [2.05, 4.69) is 4.98 Å². The van der Waals surface area contributed by atoms with Crippen molar-refractivity contribution in [3.8, 4) is 0 Å². The van der Waals surface area contributed by atoms with E-state index in [1.54, 1.807) is 24.3 Å². The summed E-state index contributed by atoms with van der Waals surface area (Å²) >= 11 is 5.87. The van der Waals surface area contributed by atoms with Crippen molar-refractivity contribution in [3.63, 3.8) is 0 Å². The minimum atomic E-state index is -0.476. The van der Waals surface area contributed by atoms with E-state index in [0.717, 1.165) is 4.57 Å². The zero-order chi connectivity index (χ0) is 13.4. The first kappa shape index (κ1) is 11.8. The number of fused-ring (bicyclic) bond motifs is 1. The third-order valence-corrected chi connectivity index (χ3v) is 3.07. The van der Waals surface area contributed by atoms with E-state index in [1.807, 2.05) is 0 Å². The molecule has 96 valence electrons. The predicted molar refractivity (Wildman–Crippen MR) is 71.6 cm³/mol. The maximum absolute atomic E-state index is 12.3. The van der Waals surface area contributed by atoms with Crippen LogP contribution in [0.2, 0.25) is 5.02 Å². The average Bonchev–Trinajstić information content (AvgIpc) is 2.89. The van der Waals surface area contributed by atoms with Crippen molar-refractivity contribution < 1.29 is 4.42 Å². The van der Waals surface area contributed by atoms with Gasteiger partial charge >= 0.3 is 5.69 Å². The van der Waals surface area contributed by atoms with Crippen LogP contribution in [-0.4, -0.2) is 9.55 Å². The number of benzene rings is 1. The predicted octanol–water partition coefficient (Wildman–Crippen LogP) is 1.98. The van der Waals surface area contributed by atoms with E-state index in [-0.39, 0.29) is 6.54 Å². The summed E-state index contributed by atoms with van der Waals surface area (Å²) in [5.74, 6) is 0.536. The largest absolute Gasteiger partial charge is 0.467 e. The topological polar surface area (TPSA) is 68.0 Å². The van der Waals surface area contributed by atoms with Crippen molar-refractivity contribution in [1.29, 1.82) is 0 Å². The molecule has 2 aromatic heterocycles. The number of aromatic nitrogens is 2. The second kappa shape index (κ2) is 4.44. The van der Waals surface area contributed by atoms with Crippen LogP contribution in [0.3, 0.4) is 0 Å². The number of halogens is 1. The van der Waals surface area contributed by atoms with Crippen LogP contribution < -0.4 is 11.2 Å². The molecular formula is C13H9ClN2O3. The summed E-state index contributed by atoms with van der Waals surface area (Å²) < 4.78 is 6.23. The van der Waals surface area contributed by atoms with Gasteiger partial charge in [-0.2, -0.15) is 0 Å². The molecule has 0 aliphatic rings. The van der Waals surface area contributed by atoms with Crippen molar-refractivity contribution in [1.82, 2.24) is 9.55 Å². The highest BCUT2D eigenvalue weighted by molar-refractivity contribution is 6.31. The molecule has 3 aromatic rings. The molecule has 5 nitrogen and oxygen atoms in total. The summed E-state index contributed by atoms with van der Waals surface area (Å²) in [7, 11) is 0. The molecule has 0 saturated heterocycles. The van der Waals surface area contributed by atoms with Gasteiger partial charge in [-0.25, -0.2) is 4.79 Å². The normalized spacial score (nSPS) is 11.0. The van der Waals surface area contributed by atoms with Crippen molar-refractivity contribution in [2.75, 3.05) is 0 Å². The number of H-pyrrole nitrogens is 1. The van der Waals surface area contributed by atoms with Gasteiger partial charge in [-0.3, -0.25) is 9.36 Å². The molecule has 0 atom stereocenters. The lowest BCUT2D eigenvalue weighted by atomic mass is 10.2. The highest BCUT2D eigenvalue weighted by Gasteiger charge is 2.09. The van der Waals surface area contributed by atoms with Gasteiger partial charge in [0.25, 0.3) is 5.56 Å². The molecule has 19 heavy (non-hydrogen) atoms. The van der Waals surface area contributed by atoms with Gasteiger partial charge < -0.3 is 9.40 Å². The lowest BCUT2D eigenvalue weighted by Crippen LogP contribution is -2.35. The number of furan rings is 1.